The maximum absolute atomic E-state index is 10.3. The zero-order valence-corrected chi connectivity index (χ0v) is 18.6. The fourth-order valence-corrected chi connectivity index (χ4v) is 6.06. The van der Waals surface area contributed by atoms with Gasteiger partial charge in [-0.1, -0.05) is 66.7 Å². The first-order chi connectivity index (χ1) is 12.8. The molecule has 0 aromatic rings. The highest BCUT2D eigenvalue weighted by Crippen LogP contribution is 2.42. The van der Waals surface area contributed by atoms with Gasteiger partial charge in [-0.2, -0.15) is 0 Å². The molecule has 0 aromatic heterocycles. The lowest BCUT2D eigenvalue weighted by molar-refractivity contribution is -0.0875. The lowest BCUT2D eigenvalue weighted by atomic mass is 9.64. The van der Waals surface area contributed by atoms with Crippen LogP contribution in [-0.4, -0.2) is 29.2 Å². The summed E-state index contributed by atoms with van der Waals surface area (Å²) in [5.74, 6) is 4.32. The summed E-state index contributed by atoms with van der Waals surface area (Å²) in [6.45, 7) is 11.5. The number of ether oxygens (including phenoxy) is 1. The maximum atomic E-state index is 10.3. The van der Waals surface area contributed by atoms with E-state index in [9.17, 15) is 10.2 Å². The zero-order valence-electron chi connectivity index (χ0n) is 18.6. The fraction of sp³-hybridized carbons (Fsp3) is 1.00. The Morgan fingerprint density at radius 1 is 0.963 bits per heavy atom. The summed E-state index contributed by atoms with van der Waals surface area (Å²) >= 11 is 0. The molecule has 0 radical (unpaired) electrons. The minimum absolute atomic E-state index is 0.125. The van der Waals surface area contributed by atoms with Gasteiger partial charge in [-0.3, -0.25) is 0 Å². The molecule has 0 spiro atoms. The van der Waals surface area contributed by atoms with E-state index < -0.39 is 0 Å². The minimum Gasteiger partial charge on any atom is -0.393 e. The Morgan fingerprint density at radius 2 is 1.63 bits per heavy atom. The Labute approximate surface area is 168 Å². The second kappa shape index (κ2) is 11.2. The molecule has 2 rings (SSSR count). The fourth-order valence-electron chi connectivity index (χ4n) is 6.06. The van der Waals surface area contributed by atoms with Crippen LogP contribution in [0, 0.1) is 41.4 Å². The number of hydrogen-bond donors (Lipinski definition) is 2. The SMILES string of the molecule is CC(CCC(OCO)C(C)C1CCCCC1)CC1C(C)CC(O)C(C)C1C. The van der Waals surface area contributed by atoms with E-state index in [0.29, 0.717) is 35.5 Å². The lowest BCUT2D eigenvalue weighted by Gasteiger charge is -2.43. The number of hydrogen-bond acceptors (Lipinski definition) is 3. The molecule has 0 aromatic carbocycles. The van der Waals surface area contributed by atoms with E-state index in [4.69, 9.17) is 4.74 Å². The highest BCUT2D eigenvalue weighted by molar-refractivity contribution is 4.87. The van der Waals surface area contributed by atoms with Gasteiger partial charge in [0.25, 0.3) is 0 Å². The van der Waals surface area contributed by atoms with Crippen LogP contribution in [0.15, 0.2) is 0 Å². The van der Waals surface area contributed by atoms with Gasteiger partial charge in [0.1, 0.15) is 6.79 Å². The average molecular weight is 383 g/mol. The first-order valence-electron chi connectivity index (χ1n) is 11.8. The van der Waals surface area contributed by atoms with Crippen molar-refractivity contribution in [3.8, 4) is 0 Å². The van der Waals surface area contributed by atoms with Crippen LogP contribution in [0.2, 0.25) is 0 Å². The molecule has 0 heterocycles. The molecular formula is C24H46O3. The normalized spacial score (nSPS) is 36.3. The Bertz CT molecular complexity index is 406. The van der Waals surface area contributed by atoms with Crippen LogP contribution in [0.3, 0.4) is 0 Å². The summed E-state index contributed by atoms with van der Waals surface area (Å²) in [5, 5.41) is 19.6. The summed E-state index contributed by atoms with van der Waals surface area (Å²) in [6.07, 6.45) is 11.3. The Morgan fingerprint density at radius 3 is 2.26 bits per heavy atom. The molecule has 8 unspecified atom stereocenters. The largest absolute Gasteiger partial charge is 0.393 e. The van der Waals surface area contributed by atoms with Crippen molar-refractivity contribution in [1.82, 2.24) is 0 Å². The van der Waals surface area contributed by atoms with Crippen LogP contribution in [-0.2, 0) is 4.74 Å². The second-order valence-corrected chi connectivity index (χ2v) is 10.2. The number of rotatable bonds is 9. The molecule has 0 amide bonds. The molecule has 8 atom stereocenters. The number of aliphatic hydroxyl groups is 2. The predicted molar refractivity (Wildman–Crippen MR) is 112 cm³/mol. The summed E-state index contributed by atoms with van der Waals surface area (Å²) in [7, 11) is 0. The summed E-state index contributed by atoms with van der Waals surface area (Å²) in [5.41, 5.74) is 0. The first-order valence-corrected chi connectivity index (χ1v) is 11.8. The van der Waals surface area contributed by atoms with E-state index in [1.54, 1.807) is 0 Å². The molecular weight excluding hydrogens is 336 g/mol. The smallest absolute Gasteiger partial charge is 0.143 e. The quantitative estimate of drug-likeness (QED) is 0.508. The monoisotopic (exact) mass is 382 g/mol. The van der Waals surface area contributed by atoms with Gasteiger partial charge in [-0.15, -0.1) is 0 Å². The van der Waals surface area contributed by atoms with Crippen LogP contribution >= 0.6 is 0 Å². The van der Waals surface area contributed by atoms with E-state index in [2.05, 4.69) is 34.6 Å². The van der Waals surface area contributed by atoms with Crippen molar-refractivity contribution >= 4 is 0 Å². The van der Waals surface area contributed by atoms with Crippen molar-refractivity contribution in [2.45, 2.75) is 105 Å². The van der Waals surface area contributed by atoms with E-state index in [0.717, 1.165) is 18.8 Å². The van der Waals surface area contributed by atoms with E-state index in [1.165, 1.54) is 44.9 Å². The van der Waals surface area contributed by atoms with Gasteiger partial charge in [0.2, 0.25) is 0 Å². The highest BCUT2D eigenvalue weighted by atomic mass is 16.6. The molecule has 2 aliphatic rings. The van der Waals surface area contributed by atoms with Gasteiger partial charge >= 0.3 is 0 Å². The third-order valence-corrected chi connectivity index (χ3v) is 8.34. The standard InChI is InChI=1S/C24H46O3/c1-16(13-22-17(2)14-23(26)19(4)18(22)3)11-12-24(27-15-25)20(5)21-9-7-6-8-10-21/h16-26H,6-15H2,1-5H3. The Hall–Kier alpha value is -0.120. The first kappa shape index (κ1) is 23.2. The maximum Gasteiger partial charge on any atom is 0.143 e. The third kappa shape index (κ3) is 6.44. The van der Waals surface area contributed by atoms with Crippen LogP contribution < -0.4 is 0 Å². The molecule has 3 nitrogen and oxygen atoms in total. The van der Waals surface area contributed by atoms with Gasteiger partial charge in [0, 0.05) is 0 Å². The topological polar surface area (TPSA) is 49.7 Å². The van der Waals surface area contributed by atoms with Crippen LogP contribution in [0.4, 0.5) is 0 Å². The summed E-state index contributed by atoms with van der Waals surface area (Å²) < 4.78 is 5.79. The van der Waals surface area contributed by atoms with Crippen molar-refractivity contribution in [3.63, 3.8) is 0 Å². The average Bonchev–Trinajstić information content (AvgIpc) is 2.67. The molecule has 0 bridgehead atoms. The van der Waals surface area contributed by atoms with Crippen molar-refractivity contribution in [3.05, 3.63) is 0 Å². The van der Waals surface area contributed by atoms with Gasteiger partial charge in [-0.05, 0) is 67.1 Å². The highest BCUT2D eigenvalue weighted by Gasteiger charge is 2.38. The van der Waals surface area contributed by atoms with Gasteiger partial charge in [0.15, 0.2) is 0 Å². The molecule has 2 fully saturated rings. The minimum atomic E-state index is -0.151. The molecule has 0 saturated heterocycles. The zero-order chi connectivity index (χ0) is 20.0. The van der Waals surface area contributed by atoms with E-state index in [1.807, 2.05) is 0 Å². The predicted octanol–water partition coefficient (Wildman–Crippen LogP) is 5.63. The molecule has 27 heavy (non-hydrogen) atoms. The van der Waals surface area contributed by atoms with Gasteiger partial charge in [-0.25, -0.2) is 0 Å². The van der Waals surface area contributed by atoms with E-state index >= 15 is 0 Å². The van der Waals surface area contributed by atoms with Gasteiger partial charge < -0.3 is 14.9 Å². The van der Waals surface area contributed by atoms with Crippen LogP contribution in [0.5, 0.6) is 0 Å². The molecule has 0 aliphatic heterocycles. The molecule has 2 saturated carbocycles. The van der Waals surface area contributed by atoms with Crippen LogP contribution in [0.25, 0.3) is 0 Å². The molecule has 2 N–H and O–H groups in total. The van der Waals surface area contributed by atoms with Crippen molar-refractivity contribution in [2.24, 2.45) is 41.4 Å². The second-order valence-electron chi connectivity index (χ2n) is 10.2. The Balaban J connectivity index is 1.84. The van der Waals surface area contributed by atoms with E-state index in [-0.39, 0.29) is 19.0 Å². The van der Waals surface area contributed by atoms with Gasteiger partial charge in [0.05, 0.1) is 12.2 Å². The molecule has 160 valence electrons. The summed E-state index contributed by atoms with van der Waals surface area (Å²) in [4.78, 5) is 0. The Kier molecular flexibility index (Phi) is 9.58. The molecule has 2 aliphatic carbocycles. The summed E-state index contributed by atoms with van der Waals surface area (Å²) in [6, 6.07) is 0. The van der Waals surface area contributed by atoms with Crippen LogP contribution in [0.1, 0.15) is 92.4 Å². The molecule has 3 heteroatoms. The van der Waals surface area contributed by atoms with Crippen molar-refractivity contribution in [1.29, 1.82) is 0 Å². The van der Waals surface area contributed by atoms with Crippen molar-refractivity contribution < 1.29 is 14.9 Å². The lowest BCUT2D eigenvalue weighted by Crippen LogP contribution is -2.40. The van der Waals surface area contributed by atoms with Crippen molar-refractivity contribution in [2.75, 3.05) is 6.79 Å². The number of aliphatic hydroxyl groups excluding tert-OH is 2. The third-order valence-electron chi connectivity index (χ3n) is 8.34.